The van der Waals surface area contributed by atoms with Crippen LogP contribution in [-0.4, -0.2) is 29.2 Å². The van der Waals surface area contributed by atoms with E-state index in [-0.39, 0.29) is 54.4 Å². The molecule has 1 N–H and O–H groups in total. The van der Waals surface area contributed by atoms with E-state index in [1.165, 1.54) is 10.5 Å². The third-order valence-electron chi connectivity index (χ3n) is 5.77. The fraction of sp³-hybridized carbons (Fsp3) is 0.450. The Hall–Kier alpha value is -2.43. The van der Waals surface area contributed by atoms with E-state index in [0.717, 1.165) is 18.5 Å². The summed E-state index contributed by atoms with van der Waals surface area (Å²) in [5, 5.41) is 2.83. The topological polar surface area (TPSA) is 66.5 Å². The maximum Gasteiger partial charge on any atom is 0.233 e. The quantitative estimate of drug-likeness (QED) is 0.662. The Labute approximate surface area is 147 Å². The van der Waals surface area contributed by atoms with Crippen LogP contribution in [0.1, 0.15) is 25.3 Å². The molecule has 1 saturated heterocycles. The molecule has 3 amide bonds. The van der Waals surface area contributed by atoms with Gasteiger partial charge in [0.2, 0.25) is 17.7 Å². The molecule has 0 radical (unpaired) electrons. The normalized spacial score (nSPS) is 29.4. The predicted molar refractivity (Wildman–Crippen MR) is 93.5 cm³/mol. The molecule has 1 saturated carbocycles. The van der Waals surface area contributed by atoms with Gasteiger partial charge in [-0.3, -0.25) is 19.3 Å². The number of aryl methyl sites for hydroxylation is 1. The largest absolute Gasteiger partial charge is 0.326 e. The summed E-state index contributed by atoms with van der Waals surface area (Å²) in [6.45, 7) is 2.25. The molecule has 5 nitrogen and oxygen atoms in total. The average Bonchev–Trinajstić information content (AvgIpc) is 3.29. The number of rotatable bonds is 5. The van der Waals surface area contributed by atoms with Gasteiger partial charge in [-0.2, -0.15) is 0 Å². The van der Waals surface area contributed by atoms with Crippen LogP contribution in [0.25, 0.3) is 0 Å². The van der Waals surface area contributed by atoms with Gasteiger partial charge in [-0.1, -0.05) is 31.2 Å². The van der Waals surface area contributed by atoms with Gasteiger partial charge in [-0.05, 0) is 42.4 Å². The Morgan fingerprint density at radius 1 is 1.08 bits per heavy atom. The summed E-state index contributed by atoms with van der Waals surface area (Å²) >= 11 is 0. The minimum absolute atomic E-state index is 0.0908. The molecule has 0 aromatic heterocycles. The minimum Gasteiger partial charge on any atom is -0.326 e. The van der Waals surface area contributed by atoms with Crippen LogP contribution in [0.15, 0.2) is 36.4 Å². The third-order valence-corrected chi connectivity index (χ3v) is 5.77. The van der Waals surface area contributed by atoms with Crippen molar-refractivity contribution in [3.8, 4) is 0 Å². The number of amides is 3. The zero-order valence-corrected chi connectivity index (χ0v) is 14.3. The number of anilines is 1. The lowest BCUT2D eigenvalue weighted by Crippen LogP contribution is -2.35. The first-order valence-corrected chi connectivity index (χ1v) is 9.01. The summed E-state index contributed by atoms with van der Waals surface area (Å²) < 4.78 is 0. The number of hydrogen-bond acceptors (Lipinski definition) is 3. The van der Waals surface area contributed by atoms with E-state index < -0.39 is 0 Å². The number of nitrogens with one attached hydrogen (secondary N) is 1. The first kappa shape index (κ1) is 16.1. The van der Waals surface area contributed by atoms with Crippen LogP contribution < -0.4 is 5.32 Å². The van der Waals surface area contributed by atoms with E-state index in [0.29, 0.717) is 0 Å². The Bertz CT molecular complexity index is 723. The number of allylic oxidation sites excluding steroid dienone is 2. The van der Waals surface area contributed by atoms with Gasteiger partial charge < -0.3 is 5.32 Å². The molecule has 4 rings (SSSR count). The van der Waals surface area contributed by atoms with Crippen LogP contribution in [0.3, 0.4) is 0 Å². The van der Waals surface area contributed by atoms with E-state index in [1.54, 1.807) is 0 Å². The molecule has 1 aliphatic heterocycles. The predicted octanol–water partition coefficient (Wildman–Crippen LogP) is 2.38. The monoisotopic (exact) mass is 338 g/mol. The third kappa shape index (κ3) is 2.68. The van der Waals surface area contributed by atoms with Crippen molar-refractivity contribution in [3.05, 3.63) is 42.0 Å². The summed E-state index contributed by atoms with van der Waals surface area (Å²) in [5.41, 5.74) is 1.95. The van der Waals surface area contributed by atoms with Gasteiger partial charge in [-0.25, -0.2) is 0 Å². The van der Waals surface area contributed by atoms with Gasteiger partial charge in [-0.15, -0.1) is 0 Å². The second-order valence-corrected chi connectivity index (χ2v) is 7.18. The first-order valence-electron chi connectivity index (χ1n) is 9.01. The van der Waals surface area contributed by atoms with Gasteiger partial charge in [0.15, 0.2) is 0 Å². The molecule has 1 aromatic carbocycles. The number of fused-ring (bicyclic) bond motifs is 5. The summed E-state index contributed by atoms with van der Waals surface area (Å²) in [7, 11) is 0. The van der Waals surface area contributed by atoms with Crippen molar-refractivity contribution in [2.45, 2.75) is 26.2 Å². The van der Waals surface area contributed by atoms with Crippen molar-refractivity contribution in [2.75, 3.05) is 11.9 Å². The van der Waals surface area contributed by atoms with Crippen molar-refractivity contribution < 1.29 is 14.4 Å². The number of nitrogens with zero attached hydrogens (tertiary/aromatic N) is 1. The zero-order valence-electron chi connectivity index (χ0n) is 14.3. The van der Waals surface area contributed by atoms with E-state index in [4.69, 9.17) is 0 Å². The Balaban J connectivity index is 1.34. The van der Waals surface area contributed by atoms with Crippen molar-refractivity contribution in [1.82, 2.24) is 4.90 Å². The highest BCUT2D eigenvalue weighted by Gasteiger charge is 2.58. The molecule has 5 heteroatoms. The van der Waals surface area contributed by atoms with E-state index in [2.05, 4.69) is 24.4 Å². The van der Waals surface area contributed by atoms with Crippen molar-refractivity contribution in [1.29, 1.82) is 0 Å². The average molecular weight is 338 g/mol. The van der Waals surface area contributed by atoms with Crippen molar-refractivity contribution in [2.24, 2.45) is 23.7 Å². The van der Waals surface area contributed by atoms with Crippen molar-refractivity contribution in [3.63, 3.8) is 0 Å². The summed E-state index contributed by atoms with van der Waals surface area (Å²) in [4.78, 5) is 38.6. The number of imide groups is 1. The standard InChI is InChI=1S/C20H22N2O3/c1-2-12-3-7-15(8-4-12)21-16(23)9-10-22-19(24)17-13-5-6-14(11-13)18(17)20(22)25/h3-8,13-14,17-18H,2,9-11H2,1H3,(H,21,23). The Kier molecular flexibility index (Phi) is 3.94. The maximum atomic E-state index is 12.6. The fourth-order valence-electron chi connectivity index (χ4n) is 4.45. The number of hydrogen-bond donors (Lipinski definition) is 1. The molecule has 25 heavy (non-hydrogen) atoms. The molecule has 4 unspecified atom stereocenters. The van der Waals surface area contributed by atoms with Gasteiger partial charge in [0, 0.05) is 18.7 Å². The molecule has 130 valence electrons. The fourth-order valence-corrected chi connectivity index (χ4v) is 4.45. The lowest BCUT2D eigenvalue weighted by Gasteiger charge is -2.17. The van der Waals surface area contributed by atoms with Crippen LogP contribution in [0.2, 0.25) is 0 Å². The van der Waals surface area contributed by atoms with E-state index in [1.807, 2.05) is 24.3 Å². The van der Waals surface area contributed by atoms with Gasteiger partial charge in [0.1, 0.15) is 0 Å². The second kappa shape index (κ2) is 6.14. The van der Waals surface area contributed by atoms with E-state index in [9.17, 15) is 14.4 Å². The molecule has 1 heterocycles. The van der Waals surface area contributed by atoms with Crippen molar-refractivity contribution >= 4 is 23.4 Å². The number of carbonyl (C=O) groups excluding carboxylic acids is 3. The lowest BCUT2D eigenvalue weighted by molar-refractivity contribution is -0.140. The Morgan fingerprint density at radius 3 is 2.24 bits per heavy atom. The maximum absolute atomic E-state index is 12.6. The molecule has 2 aliphatic carbocycles. The van der Waals surface area contributed by atoms with Crippen LogP contribution in [0.5, 0.6) is 0 Å². The smallest absolute Gasteiger partial charge is 0.233 e. The van der Waals surface area contributed by atoms with Gasteiger partial charge >= 0.3 is 0 Å². The molecule has 2 bridgehead atoms. The lowest BCUT2D eigenvalue weighted by atomic mass is 9.85. The Morgan fingerprint density at radius 2 is 1.68 bits per heavy atom. The second-order valence-electron chi connectivity index (χ2n) is 7.18. The van der Waals surface area contributed by atoms with Crippen LogP contribution in [-0.2, 0) is 20.8 Å². The molecule has 2 fully saturated rings. The van der Waals surface area contributed by atoms with Gasteiger partial charge in [0.05, 0.1) is 11.8 Å². The SMILES string of the molecule is CCc1ccc(NC(=O)CCN2C(=O)C3C4C=CC(C4)C3C2=O)cc1. The summed E-state index contributed by atoms with van der Waals surface area (Å²) in [5.74, 6) is -0.314. The molecular weight excluding hydrogens is 316 g/mol. The highest BCUT2D eigenvalue weighted by Crippen LogP contribution is 2.52. The molecule has 1 aromatic rings. The summed E-state index contributed by atoms with van der Waals surface area (Å²) in [6.07, 6.45) is 6.16. The van der Waals surface area contributed by atoms with Crippen LogP contribution >= 0.6 is 0 Å². The highest BCUT2D eigenvalue weighted by molar-refractivity contribution is 6.06. The van der Waals surface area contributed by atoms with Crippen LogP contribution in [0, 0.1) is 23.7 Å². The molecule has 0 spiro atoms. The first-order chi connectivity index (χ1) is 12.1. The highest BCUT2D eigenvalue weighted by atomic mass is 16.2. The minimum atomic E-state index is -0.188. The van der Waals surface area contributed by atoms with E-state index >= 15 is 0 Å². The summed E-state index contributed by atoms with van der Waals surface area (Å²) in [6, 6.07) is 7.70. The number of benzene rings is 1. The molecule has 3 aliphatic rings. The molecule has 4 atom stereocenters. The number of carbonyl (C=O) groups is 3. The zero-order chi connectivity index (χ0) is 17.6. The number of likely N-dealkylation sites (tertiary alicyclic amines) is 1. The van der Waals surface area contributed by atoms with Gasteiger partial charge in [0.25, 0.3) is 0 Å². The molecular formula is C20H22N2O3. The van der Waals surface area contributed by atoms with Crippen LogP contribution in [0.4, 0.5) is 5.69 Å².